The smallest absolute Gasteiger partial charge is 0.389 e. The van der Waals surface area contributed by atoms with Crippen molar-refractivity contribution in [2.24, 2.45) is 0 Å². The van der Waals surface area contributed by atoms with Gasteiger partial charge >= 0.3 is 11.7 Å². The summed E-state index contributed by atoms with van der Waals surface area (Å²) in [6.07, 6.45) is 2.56. The summed E-state index contributed by atoms with van der Waals surface area (Å²) in [5.41, 5.74) is 0.854. The van der Waals surface area contributed by atoms with Crippen LogP contribution in [0.1, 0.15) is 41.0 Å². The molecule has 0 aliphatic carbocycles. The summed E-state index contributed by atoms with van der Waals surface area (Å²) in [7, 11) is 0. The van der Waals surface area contributed by atoms with Crippen LogP contribution in [-0.4, -0.2) is 46.3 Å². The minimum Gasteiger partial charge on any atom is -0.544 e. The third-order valence-electron chi connectivity index (χ3n) is 5.07. The van der Waals surface area contributed by atoms with E-state index in [-0.39, 0.29) is 17.5 Å². The predicted octanol–water partition coefficient (Wildman–Crippen LogP) is 1.39. The van der Waals surface area contributed by atoms with Crippen LogP contribution in [0.25, 0.3) is 0 Å². The molecule has 1 amide bonds. The molecule has 1 aliphatic heterocycles. The Hall–Kier alpha value is -2.38. The maximum Gasteiger partial charge on any atom is 0.389 e. The summed E-state index contributed by atoms with van der Waals surface area (Å²) in [6, 6.07) is 8.19. The number of aliphatic carboxylic acids is 1. The van der Waals surface area contributed by atoms with Crippen molar-refractivity contribution < 1.29 is 24.0 Å². The molecule has 1 aromatic carbocycles. The lowest BCUT2D eigenvalue weighted by atomic mass is 9.91. The van der Waals surface area contributed by atoms with Gasteiger partial charge in [0.05, 0.1) is 13.1 Å². The van der Waals surface area contributed by atoms with Crippen molar-refractivity contribution in [3.05, 3.63) is 52.5 Å². The van der Waals surface area contributed by atoms with Gasteiger partial charge in [-0.3, -0.25) is 4.79 Å². The number of hydrogen-bond donors (Lipinski definition) is 0. The molecule has 3 atom stereocenters. The van der Waals surface area contributed by atoms with Crippen LogP contribution < -0.4 is 5.11 Å². The quantitative estimate of drug-likeness (QED) is 0.434. The molecule has 1 aromatic heterocycles. The Bertz CT molecular complexity index is 806. The molecule has 1 fully saturated rings. The van der Waals surface area contributed by atoms with E-state index < -0.39 is 28.2 Å². The number of carboxylic acids is 1. The minimum absolute atomic E-state index is 0.101. The lowest BCUT2D eigenvalue weighted by molar-refractivity contribution is -0.857. The highest BCUT2D eigenvalue weighted by molar-refractivity contribution is 7.12. The van der Waals surface area contributed by atoms with Crippen molar-refractivity contribution >= 4 is 29.0 Å². The molecule has 26 heavy (non-hydrogen) atoms. The number of likely N-dealkylation sites (tertiary alicyclic amines) is 1. The van der Waals surface area contributed by atoms with Crippen LogP contribution in [0.4, 0.5) is 0 Å². The van der Waals surface area contributed by atoms with E-state index in [2.05, 4.69) is 4.98 Å². The van der Waals surface area contributed by atoms with E-state index in [0.717, 1.165) is 16.9 Å². The Balaban J connectivity index is 2.03. The van der Waals surface area contributed by atoms with Crippen LogP contribution in [0.5, 0.6) is 0 Å². The lowest BCUT2D eigenvalue weighted by Crippen LogP contribution is -2.64. The van der Waals surface area contributed by atoms with Crippen molar-refractivity contribution in [1.82, 2.24) is 4.98 Å². The molecular formula is C19H20N2O4S. The number of amides is 1. The monoisotopic (exact) mass is 372 g/mol. The van der Waals surface area contributed by atoms with Gasteiger partial charge in [-0.25, -0.2) is 14.3 Å². The number of carbonyl (C=O) groups is 3. The second-order valence-electron chi connectivity index (χ2n) is 6.52. The number of thiazole rings is 1. The molecule has 1 aliphatic rings. The first-order valence-electron chi connectivity index (χ1n) is 8.62. The second kappa shape index (κ2) is 7.47. The third kappa shape index (κ3) is 3.08. The van der Waals surface area contributed by atoms with Gasteiger partial charge in [0.2, 0.25) is 0 Å². The Morgan fingerprint density at radius 2 is 2.00 bits per heavy atom. The molecule has 7 heteroatoms. The summed E-state index contributed by atoms with van der Waals surface area (Å²) < 4.78 is -0.392. The summed E-state index contributed by atoms with van der Waals surface area (Å²) in [4.78, 5) is 41.8. The van der Waals surface area contributed by atoms with E-state index in [1.165, 1.54) is 6.20 Å². The summed E-state index contributed by atoms with van der Waals surface area (Å²) in [6.45, 7) is 2.48. The number of rotatable bonds is 6. The SMILES string of the molecule is CCC[N+]1(C(=O)C(=O)c2nccs2)CCC(c2ccccc2)[C@H]1C(=O)[O-]. The molecule has 0 radical (unpaired) electrons. The number of nitrogens with zero attached hydrogens (tertiary/aromatic N) is 2. The van der Waals surface area contributed by atoms with E-state index in [1.807, 2.05) is 37.3 Å². The Morgan fingerprint density at radius 3 is 2.58 bits per heavy atom. The summed E-state index contributed by atoms with van der Waals surface area (Å²) in [5, 5.41) is 13.8. The van der Waals surface area contributed by atoms with E-state index in [1.54, 1.807) is 5.38 Å². The van der Waals surface area contributed by atoms with Gasteiger partial charge in [-0.2, -0.15) is 0 Å². The van der Waals surface area contributed by atoms with Gasteiger partial charge < -0.3 is 9.90 Å². The van der Waals surface area contributed by atoms with Crippen molar-refractivity contribution in [1.29, 1.82) is 0 Å². The van der Waals surface area contributed by atoms with Crippen LogP contribution >= 0.6 is 11.3 Å². The van der Waals surface area contributed by atoms with Crippen LogP contribution in [-0.2, 0) is 9.59 Å². The van der Waals surface area contributed by atoms with Gasteiger partial charge in [-0.15, -0.1) is 11.3 Å². The van der Waals surface area contributed by atoms with Crippen LogP contribution in [0.2, 0.25) is 0 Å². The number of benzene rings is 1. The number of Topliss-reactive ketones (excluding diaryl/α,β-unsaturated/α-hetero) is 1. The Labute approximate surface area is 155 Å². The van der Waals surface area contributed by atoms with E-state index >= 15 is 0 Å². The molecule has 1 saturated heterocycles. The molecule has 0 N–H and O–H groups in total. The highest BCUT2D eigenvalue weighted by Gasteiger charge is 2.56. The lowest BCUT2D eigenvalue weighted by Gasteiger charge is -2.38. The summed E-state index contributed by atoms with van der Waals surface area (Å²) >= 11 is 1.09. The molecule has 136 valence electrons. The van der Waals surface area contributed by atoms with Gasteiger partial charge in [0, 0.05) is 23.9 Å². The van der Waals surface area contributed by atoms with Crippen LogP contribution in [0, 0.1) is 0 Å². The van der Waals surface area contributed by atoms with Gasteiger partial charge in [0.15, 0.2) is 5.01 Å². The summed E-state index contributed by atoms with van der Waals surface area (Å²) in [5.74, 6) is -3.06. The van der Waals surface area contributed by atoms with E-state index in [9.17, 15) is 19.5 Å². The molecule has 2 aromatic rings. The van der Waals surface area contributed by atoms with E-state index in [0.29, 0.717) is 19.4 Å². The molecule has 0 spiro atoms. The largest absolute Gasteiger partial charge is 0.544 e. The number of quaternary nitrogens is 1. The zero-order valence-corrected chi connectivity index (χ0v) is 15.3. The first kappa shape index (κ1) is 18.4. The van der Waals surface area contributed by atoms with Gasteiger partial charge in [-0.05, 0) is 12.0 Å². The Morgan fingerprint density at radius 1 is 1.27 bits per heavy atom. The molecular weight excluding hydrogens is 352 g/mol. The normalized spacial score (nSPS) is 25.1. The molecule has 6 nitrogen and oxygen atoms in total. The standard InChI is InChI=1S/C19H20N2O4S/c1-2-10-21(18(23)16(22)17-20-9-12-26-17)11-8-14(15(21)19(24)25)13-6-4-3-5-7-13/h3-7,9,12,14-15H,2,8,10-11H2,1H3/t14?,15-,21?/m0/s1. The first-order chi connectivity index (χ1) is 12.5. The minimum atomic E-state index is -1.29. The fourth-order valence-electron chi connectivity index (χ4n) is 4.03. The first-order valence-corrected chi connectivity index (χ1v) is 9.50. The fraction of sp³-hybridized carbons (Fsp3) is 0.368. The van der Waals surface area contributed by atoms with Crippen molar-refractivity contribution in [3.8, 4) is 0 Å². The highest BCUT2D eigenvalue weighted by atomic mass is 32.1. The van der Waals surface area contributed by atoms with E-state index in [4.69, 9.17) is 0 Å². The predicted molar refractivity (Wildman–Crippen MR) is 94.3 cm³/mol. The average Bonchev–Trinajstić information content (AvgIpc) is 3.30. The molecule has 2 heterocycles. The van der Waals surface area contributed by atoms with Crippen molar-refractivity contribution in [3.63, 3.8) is 0 Å². The van der Waals surface area contributed by atoms with Crippen molar-refractivity contribution in [2.45, 2.75) is 31.7 Å². The average molecular weight is 372 g/mol. The molecule has 0 bridgehead atoms. The van der Waals surface area contributed by atoms with Gasteiger partial charge in [0.1, 0.15) is 12.0 Å². The zero-order valence-electron chi connectivity index (χ0n) is 14.5. The van der Waals surface area contributed by atoms with Gasteiger partial charge in [-0.1, -0.05) is 37.3 Å². The second-order valence-corrected chi connectivity index (χ2v) is 7.42. The zero-order chi connectivity index (χ0) is 18.7. The fourth-order valence-corrected chi connectivity index (χ4v) is 4.60. The van der Waals surface area contributed by atoms with Crippen molar-refractivity contribution in [2.75, 3.05) is 13.1 Å². The number of hydrogen-bond acceptors (Lipinski definition) is 6. The van der Waals surface area contributed by atoms with Crippen LogP contribution in [0.3, 0.4) is 0 Å². The number of carbonyl (C=O) groups excluding carboxylic acids is 3. The topological polar surface area (TPSA) is 87.2 Å². The molecule has 0 saturated carbocycles. The number of carboxylic acid groups (broad SMARTS) is 1. The van der Waals surface area contributed by atoms with Gasteiger partial charge in [0.25, 0.3) is 0 Å². The Kier molecular flexibility index (Phi) is 5.29. The molecule has 2 unspecified atom stereocenters. The maximum atomic E-state index is 13.1. The third-order valence-corrected chi connectivity index (χ3v) is 5.84. The number of aromatic nitrogens is 1. The highest BCUT2D eigenvalue weighted by Crippen LogP contribution is 2.40. The molecule has 3 rings (SSSR count). The van der Waals surface area contributed by atoms with Crippen LogP contribution in [0.15, 0.2) is 41.9 Å². The number of ketones is 1. The maximum absolute atomic E-state index is 13.1.